The summed E-state index contributed by atoms with van der Waals surface area (Å²) in [5.74, 6) is -1.16. The summed E-state index contributed by atoms with van der Waals surface area (Å²) < 4.78 is 42.8. The van der Waals surface area contributed by atoms with E-state index in [2.05, 4.69) is 0 Å². The fourth-order valence-corrected chi connectivity index (χ4v) is 5.95. The van der Waals surface area contributed by atoms with Gasteiger partial charge >= 0.3 is 5.97 Å². The van der Waals surface area contributed by atoms with Crippen LogP contribution in [0.2, 0.25) is 0 Å². The van der Waals surface area contributed by atoms with Gasteiger partial charge in [0.1, 0.15) is 4.91 Å². The van der Waals surface area contributed by atoms with E-state index in [1.165, 1.54) is 48.4 Å². The van der Waals surface area contributed by atoms with Gasteiger partial charge in [0.2, 0.25) is 16.6 Å². The van der Waals surface area contributed by atoms with Crippen molar-refractivity contribution in [3.8, 4) is 11.5 Å². The third-order valence-electron chi connectivity index (χ3n) is 6.04. The average molecular weight is 508 g/mol. The summed E-state index contributed by atoms with van der Waals surface area (Å²) in [5.41, 5.74) is 1.30. The van der Waals surface area contributed by atoms with Crippen LogP contribution in [0.5, 0.6) is 11.5 Å². The topological polar surface area (TPSA) is 119 Å². The smallest absolute Gasteiger partial charge is 0.337 e. The summed E-state index contributed by atoms with van der Waals surface area (Å²) in [7, 11) is -3.00. The van der Waals surface area contributed by atoms with E-state index >= 15 is 0 Å². The van der Waals surface area contributed by atoms with E-state index in [0.29, 0.717) is 22.6 Å². The van der Waals surface area contributed by atoms with E-state index in [0.717, 1.165) is 0 Å². The largest absolute Gasteiger partial charge is 0.502 e. The number of hydrogen-bond acceptors (Lipinski definition) is 8. The van der Waals surface area contributed by atoms with E-state index in [-0.39, 0.29) is 23.8 Å². The molecule has 9 nitrogen and oxygen atoms in total. The average Bonchev–Trinajstić information content (AvgIpc) is 3.47. The number of sulfone groups is 1. The second kappa shape index (κ2) is 9.04. The van der Waals surface area contributed by atoms with Crippen molar-refractivity contribution in [1.82, 2.24) is 4.90 Å². The maximum atomic E-state index is 13.6. The highest BCUT2D eigenvalue weighted by atomic mass is 32.2. The Morgan fingerprint density at radius 1 is 1.03 bits per heavy atom. The molecule has 36 heavy (non-hydrogen) atoms. The van der Waals surface area contributed by atoms with Gasteiger partial charge in [-0.05, 0) is 47.5 Å². The zero-order valence-corrected chi connectivity index (χ0v) is 19.9. The van der Waals surface area contributed by atoms with Crippen molar-refractivity contribution in [3.63, 3.8) is 0 Å². The first-order valence-corrected chi connectivity index (χ1v) is 12.4. The Hall–Kier alpha value is -4.31. The lowest BCUT2D eigenvalue weighted by Crippen LogP contribution is -2.30. The van der Waals surface area contributed by atoms with Gasteiger partial charge < -0.3 is 24.2 Å². The Kier molecular flexibility index (Phi) is 5.89. The maximum absolute atomic E-state index is 13.6. The number of benzene rings is 3. The highest BCUT2D eigenvalue weighted by Crippen LogP contribution is 2.44. The molecule has 10 heteroatoms. The lowest BCUT2D eigenvalue weighted by molar-refractivity contribution is -0.130. The molecule has 3 aromatic carbocycles. The minimum absolute atomic E-state index is 0.0171. The van der Waals surface area contributed by atoms with Crippen molar-refractivity contribution in [1.29, 1.82) is 0 Å². The molecule has 1 atom stereocenters. The molecule has 3 aromatic rings. The highest BCUT2D eigenvalue weighted by Gasteiger charge is 2.47. The molecule has 0 bridgehead atoms. The Balaban J connectivity index is 1.60. The van der Waals surface area contributed by atoms with E-state index in [9.17, 15) is 23.1 Å². The quantitative estimate of drug-likeness (QED) is 0.504. The first kappa shape index (κ1) is 23.4. The minimum Gasteiger partial charge on any atom is -0.502 e. The predicted octanol–water partition coefficient (Wildman–Crippen LogP) is 3.53. The van der Waals surface area contributed by atoms with Crippen LogP contribution in [-0.2, 0) is 25.9 Å². The molecule has 2 heterocycles. The molecule has 184 valence electrons. The van der Waals surface area contributed by atoms with Gasteiger partial charge in [-0.2, -0.15) is 0 Å². The molecule has 2 aliphatic rings. The van der Waals surface area contributed by atoms with Gasteiger partial charge in [-0.15, -0.1) is 0 Å². The maximum Gasteiger partial charge on any atom is 0.337 e. The standard InChI is InChI=1S/C26H21NO8S/c1-33-26(30)18-10-8-17(9-11-18)22-24(36(31,32)19-5-3-2-4-6-19)23(28)25(29)27(22)14-16-7-12-20-21(13-16)35-15-34-20/h2-13,22,28H,14-15H2,1H3/t22-/m1/s1. The van der Waals surface area contributed by atoms with Crippen LogP contribution < -0.4 is 9.47 Å². The summed E-state index contributed by atoms with van der Waals surface area (Å²) in [5, 5.41) is 10.9. The monoisotopic (exact) mass is 507 g/mol. The van der Waals surface area contributed by atoms with Crippen LogP contribution in [0, 0.1) is 0 Å². The van der Waals surface area contributed by atoms with Crippen LogP contribution in [0.25, 0.3) is 0 Å². The Morgan fingerprint density at radius 3 is 2.42 bits per heavy atom. The molecular formula is C26H21NO8S. The van der Waals surface area contributed by atoms with Crippen LogP contribution in [0.1, 0.15) is 27.5 Å². The van der Waals surface area contributed by atoms with Gasteiger partial charge in [0.05, 0.1) is 23.6 Å². The molecule has 1 amide bonds. The summed E-state index contributed by atoms with van der Waals surface area (Å²) in [4.78, 5) is 26.0. The normalized spacial score (nSPS) is 17.0. The lowest BCUT2D eigenvalue weighted by atomic mass is 10.0. The molecule has 0 aromatic heterocycles. The van der Waals surface area contributed by atoms with Gasteiger partial charge in [-0.25, -0.2) is 13.2 Å². The highest BCUT2D eigenvalue weighted by molar-refractivity contribution is 7.95. The number of esters is 1. The minimum atomic E-state index is -4.25. The molecule has 0 saturated heterocycles. The number of rotatable bonds is 6. The van der Waals surface area contributed by atoms with E-state index in [1.807, 2.05) is 0 Å². The Bertz CT molecular complexity index is 1480. The van der Waals surface area contributed by atoms with Gasteiger partial charge in [0.15, 0.2) is 17.3 Å². The molecule has 5 rings (SSSR count). The van der Waals surface area contributed by atoms with Crippen molar-refractivity contribution < 1.29 is 37.3 Å². The van der Waals surface area contributed by atoms with Gasteiger partial charge in [0.25, 0.3) is 5.91 Å². The van der Waals surface area contributed by atoms with Crippen molar-refractivity contribution in [2.75, 3.05) is 13.9 Å². The fraction of sp³-hybridized carbons (Fsp3) is 0.154. The van der Waals surface area contributed by atoms with Gasteiger partial charge in [-0.1, -0.05) is 36.4 Å². The summed E-state index contributed by atoms with van der Waals surface area (Å²) in [6.45, 7) is 0.0647. The van der Waals surface area contributed by atoms with Gasteiger partial charge in [0, 0.05) is 6.54 Å². The molecule has 0 unspecified atom stereocenters. The third kappa shape index (κ3) is 3.95. The summed E-state index contributed by atoms with van der Waals surface area (Å²) in [6.07, 6.45) is 0. The van der Waals surface area contributed by atoms with Crippen LogP contribution in [0.3, 0.4) is 0 Å². The fourth-order valence-electron chi connectivity index (χ4n) is 4.28. The van der Waals surface area contributed by atoms with Crippen LogP contribution >= 0.6 is 0 Å². The number of carbonyl (C=O) groups excluding carboxylic acids is 2. The molecule has 0 radical (unpaired) electrons. The van der Waals surface area contributed by atoms with Crippen molar-refractivity contribution in [2.24, 2.45) is 0 Å². The number of aliphatic hydroxyl groups excluding tert-OH is 1. The first-order valence-electron chi connectivity index (χ1n) is 10.9. The first-order chi connectivity index (χ1) is 17.3. The van der Waals surface area contributed by atoms with Crippen LogP contribution in [-0.4, -0.2) is 44.2 Å². The van der Waals surface area contributed by atoms with E-state index < -0.39 is 38.4 Å². The SMILES string of the molecule is COC(=O)c1ccc([C@@H]2C(S(=O)(=O)c3ccccc3)=C(O)C(=O)N2Cc2ccc3c(c2)OCO3)cc1. The van der Waals surface area contributed by atoms with E-state index in [1.54, 1.807) is 36.4 Å². The number of methoxy groups -OCH3 is 1. The molecule has 1 N–H and O–H groups in total. The number of hydrogen-bond donors (Lipinski definition) is 1. The predicted molar refractivity (Wildman–Crippen MR) is 127 cm³/mol. The Labute approximate surface area is 207 Å². The lowest BCUT2D eigenvalue weighted by Gasteiger charge is -2.27. The molecule has 0 aliphatic carbocycles. The third-order valence-corrected chi connectivity index (χ3v) is 7.93. The number of nitrogens with zero attached hydrogens (tertiary/aromatic N) is 1. The second-order valence-corrected chi connectivity index (χ2v) is 10.1. The summed E-state index contributed by atoms with van der Waals surface area (Å²) >= 11 is 0. The molecule has 0 spiro atoms. The van der Waals surface area contributed by atoms with Crippen molar-refractivity contribution in [2.45, 2.75) is 17.5 Å². The Morgan fingerprint density at radius 2 is 1.72 bits per heavy atom. The van der Waals surface area contributed by atoms with E-state index in [4.69, 9.17) is 14.2 Å². The number of carbonyl (C=O) groups is 2. The van der Waals surface area contributed by atoms with Crippen LogP contribution in [0.4, 0.5) is 0 Å². The zero-order valence-electron chi connectivity index (χ0n) is 19.1. The molecule has 0 fully saturated rings. The number of amides is 1. The molecular weight excluding hydrogens is 486 g/mol. The summed E-state index contributed by atoms with van der Waals surface area (Å²) in [6, 6.07) is 17.6. The zero-order chi connectivity index (χ0) is 25.4. The number of ether oxygens (including phenoxy) is 3. The molecule has 2 aliphatic heterocycles. The van der Waals surface area contributed by atoms with Gasteiger partial charge in [-0.3, -0.25) is 4.79 Å². The molecule has 0 saturated carbocycles. The van der Waals surface area contributed by atoms with Crippen molar-refractivity contribution in [3.05, 3.63) is 100 Å². The number of fused-ring (bicyclic) bond motifs is 1. The second-order valence-electron chi connectivity index (χ2n) is 8.17. The number of aliphatic hydroxyl groups is 1. The van der Waals surface area contributed by atoms with Crippen molar-refractivity contribution >= 4 is 21.7 Å². The van der Waals surface area contributed by atoms with Crippen LogP contribution in [0.15, 0.2) is 88.4 Å².